The minimum Gasteiger partial charge on any atom is -0.497 e. The first kappa shape index (κ1) is 14.3. The van der Waals surface area contributed by atoms with Gasteiger partial charge in [0.25, 0.3) is 0 Å². The predicted molar refractivity (Wildman–Crippen MR) is 81.0 cm³/mol. The van der Waals surface area contributed by atoms with E-state index in [-0.39, 0.29) is 5.91 Å². The van der Waals surface area contributed by atoms with Crippen molar-refractivity contribution in [1.29, 1.82) is 0 Å². The third kappa shape index (κ3) is 3.68. The predicted octanol–water partition coefficient (Wildman–Crippen LogP) is 2.66. The number of ether oxygens (including phenoxy) is 1. The first-order valence-corrected chi connectivity index (χ1v) is 7.10. The van der Waals surface area contributed by atoms with E-state index >= 15 is 0 Å². The van der Waals surface area contributed by atoms with Gasteiger partial charge in [0.1, 0.15) is 5.75 Å². The van der Waals surface area contributed by atoms with Gasteiger partial charge in [-0.15, -0.1) is 11.3 Å². The van der Waals surface area contributed by atoms with Crippen molar-refractivity contribution in [1.82, 2.24) is 10.3 Å². The molecule has 4 nitrogen and oxygen atoms in total. The maximum absolute atomic E-state index is 11.0. The Morgan fingerprint density at radius 1 is 1.45 bits per heavy atom. The fourth-order valence-corrected chi connectivity index (χ4v) is 2.49. The number of thiazole rings is 1. The van der Waals surface area contributed by atoms with Crippen LogP contribution < -0.4 is 10.1 Å². The lowest BCUT2D eigenvalue weighted by atomic mass is 10.2. The summed E-state index contributed by atoms with van der Waals surface area (Å²) in [7, 11) is 1.65. The molecular weight excluding hydrogens is 272 g/mol. The topological polar surface area (TPSA) is 51.2 Å². The second kappa shape index (κ2) is 6.86. The first-order chi connectivity index (χ1) is 9.72. The van der Waals surface area contributed by atoms with E-state index in [1.165, 1.54) is 6.08 Å². The number of nitrogens with one attached hydrogen (secondary N) is 1. The summed E-state index contributed by atoms with van der Waals surface area (Å²) in [6.45, 7) is 3.98. The number of aromatic nitrogens is 1. The third-order valence-electron chi connectivity index (χ3n) is 2.76. The van der Waals surface area contributed by atoms with Crippen molar-refractivity contribution in [2.75, 3.05) is 13.7 Å². The highest BCUT2D eigenvalue weighted by Gasteiger charge is 2.05. The minimum absolute atomic E-state index is 0.156. The standard InChI is InChI=1S/C15H16N2O2S/c1-3-14(18)16-9-8-15-17-13(10-20-15)11-4-6-12(19-2)7-5-11/h3-7,10H,1,8-9H2,2H3,(H,16,18). The van der Waals surface area contributed by atoms with Gasteiger partial charge in [-0.25, -0.2) is 4.98 Å². The van der Waals surface area contributed by atoms with E-state index in [0.29, 0.717) is 6.54 Å². The van der Waals surface area contributed by atoms with Crippen LogP contribution in [0.25, 0.3) is 11.3 Å². The molecule has 0 aliphatic heterocycles. The molecule has 2 rings (SSSR count). The van der Waals surface area contributed by atoms with E-state index in [4.69, 9.17) is 4.74 Å². The maximum Gasteiger partial charge on any atom is 0.243 e. The number of amides is 1. The van der Waals surface area contributed by atoms with Crippen LogP contribution in [0.1, 0.15) is 5.01 Å². The summed E-state index contributed by atoms with van der Waals surface area (Å²) in [6, 6.07) is 7.80. The Morgan fingerprint density at radius 3 is 2.85 bits per heavy atom. The molecule has 0 bridgehead atoms. The lowest BCUT2D eigenvalue weighted by Crippen LogP contribution is -2.23. The normalized spacial score (nSPS) is 10.1. The fraction of sp³-hybridized carbons (Fsp3) is 0.200. The smallest absolute Gasteiger partial charge is 0.243 e. The molecule has 1 aromatic heterocycles. The lowest BCUT2D eigenvalue weighted by molar-refractivity contribution is -0.116. The molecule has 0 saturated carbocycles. The van der Waals surface area contributed by atoms with Crippen LogP contribution in [0.15, 0.2) is 42.3 Å². The Bertz CT molecular complexity index is 590. The molecule has 0 unspecified atom stereocenters. The van der Waals surface area contributed by atoms with Crippen LogP contribution in [0, 0.1) is 0 Å². The van der Waals surface area contributed by atoms with Crippen LogP contribution in [0.2, 0.25) is 0 Å². The lowest BCUT2D eigenvalue weighted by Gasteiger charge is -2.01. The van der Waals surface area contributed by atoms with Crippen LogP contribution in [-0.2, 0) is 11.2 Å². The van der Waals surface area contributed by atoms with Crippen LogP contribution in [-0.4, -0.2) is 24.5 Å². The molecule has 2 aromatic rings. The van der Waals surface area contributed by atoms with E-state index in [1.54, 1.807) is 18.4 Å². The zero-order valence-electron chi connectivity index (χ0n) is 11.3. The molecule has 1 heterocycles. The molecular formula is C15H16N2O2S. The Balaban J connectivity index is 1.97. The largest absolute Gasteiger partial charge is 0.497 e. The van der Waals surface area contributed by atoms with Gasteiger partial charge in [0.15, 0.2) is 0 Å². The summed E-state index contributed by atoms with van der Waals surface area (Å²) in [5.74, 6) is 0.674. The van der Waals surface area contributed by atoms with Crippen LogP contribution >= 0.6 is 11.3 Å². The van der Waals surface area contributed by atoms with E-state index in [9.17, 15) is 4.79 Å². The number of rotatable bonds is 6. The van der Waals surface area contributed by atoms with E-state index in [1.807, 2.05) is 29.6 Å². The second-order valence-corrected chi connectivity index (χ2v) is 5.04. The summed E-state index contributed by atoms with van der Waals surface area (Å²) >= 11 is 1.59. The van der Waals surface area contributed by atoms with Crippen molar-refractivity contribution in [3.8, 4) is 17.0 Å². The molecule has 0 spiro atoms. The van der Waals surface area contributed by atoms with Crippen molar-refractivity contribution < 1.29 is 9.53 Å². The molecule has 0 saturated heterocycles. The number of hydrogen-bond acceptors (Lipinski definition) is 4. The summed E-state index contributed by atoms with van der Waals surface area (Å²) in [4.78, 5) is 15.6. The average molecular weight is 288 g/mol. The first-order valence-electron chi connectivity index (χ1n) is 6.22. The summed E-state index contributed by atoms with van der Waals surface area (Å²) < 4.78 is 5.13. The number of carbonyl (C=O) groups is 1. The van der Waals surface area contributed by atoms with Gasteiger partial charge in [0, 0.05) is 23.9 Å². The highest BCUT2D eigenvalue weighted by Crippen LogP contribution is 2.24. The van der Waals surface area contributed by atoms with Crippen molar-refractivity contribution in [2.45, 2.75) is 6.42 Å². The van der Waals surface area contributed by atoms with Gasteiger partial charge in [-0.2, -0.15) is 0 Å². The summed E-state index contributed by atoms with van der Waals surface area (Å²) in [5.41, 5.74) is 2.01. The van der Waals surface area contributed by atoms with E-state index in [0.717, 1.165) is 28.4 Å². The van der Waals surface area contributed by atoms with Gasteiger partial charge < -0.3 is 10.1 Å². The van der Waals surface area contributed by atoms with Gasteiger partial charge in [-0.3, -0.25) is 4.79 Å². The van der Waals surface area contributed by atoms with Crippen molar-refractivity contribution in [2.24, 2.45) is 0 Å². The van der Waals surface area contributed by atoms with Crippen molar-refractivity contribution in [3.05, 3.63) is 47.3 Å². The van der Waals surface area contributed by atoms with Gasteiger partial charge >= 0.3 is 0 Å². The molecule has 1 amide bonds. The number of carbonyl (C=O) groups excluding carboxylic acids is 1. The fourth-order valence-electron chi connectivity index (χ4n) is 1.68. The molecule has 1 aromatic carbocycles. The molecule has 0 atom stereocenters. The molecule has 20 heavy (non-hydrogen) atoms. The third-order valence-corrected chi connectivity index (χ3v) is 3.67. The Labute approximate surface area is 122 Å². The summed E-state index contributed by atoms with van der Waals surface area (Å²) in [5, 5.41) is 5.76. The van der Waals surface area contributed by atoms with E-state index in [2.05, 4.69) is 16.9 Å². The van der Waals surface area contributed by atoms with Crippen LogP contribution in [0.5, 0.6) is 5.75 Å². The molecule has 5 heteroatoms. The molecule has 1 N–H and O–H groups in total. The second-order valence-electron chi connectivity index (χ2n) is 4.10. The highest BCUT2D eigenvalue weighted by atomic mass is 32.1. The van der Waals surface area contributed by atoms with Crippen LogP contribution in [0.3, 0.4) is 0 Å². The number of methoxy groups -OCH3 is 1. The molecule has 0 fully saturated rings. The maximum atomic E-state index is 11.0. The molecule has 0 aliphatic rings. The zero-order valence-corrected chi connectivity index (χ0v) is 12.1. The Kier molecular flexibility index (Phi) is 4.90. The van der Waals surface area contributed by atoms with Gasteiger partial charge in [0.05, 0.1) is 17.8 Å². The quantitative estimate of drug-likeness (QED) is 0.831. The van der Waals surface area contributed by atoms with Gasteiger partial charge in [0.2, 0.25) is 5.91 Å². The van der Waals surface area contributed by atoms with Crippen molar-refractivity contribution >= 4 is 17.2 Å². The van der Waals surface area contributed by atoms with Gasteiger partial charge in [-0.05, 0) is 30.3 Å². The SMILES string of the molecule is C=CC(=O)NCCc1nc(-c2ccc(OC)cc2)cs1. The van der Waals surface area contributed by atoms with Crippen molar-refractivity contribution in [3.63, 3.8) is 0 Å². The minimum atomic E-state index is -0.156. The summed E-state index contributed by atoms with van der Waals surface area (Å²) in [6.07, 6.45) is 1.99. The highest BCUT2D eigenvalue weighted by molar-refractivity contribution is 7.09. The zero-order chi connectivity index (χ0) is 14.4. The number of nitrogens with zero attached hydrogens (tertiary/aromatic N) is 1. The van der Waals surface area contributed by atoms with E-state index < -0.39 is 0 Å². The Hall–Kier alpha value is -2.14. The van der Waals surface area contributed by atoms with Crippen LogP contribution in [0.4, 0.5) is 0 Å². The monoisotopic (exact) mass is 288 g/mol. The number of benzene rings is 1. The Morgan fingerprint density at radius 2 is 2.20 bits per heavy atom. The molecule has 104 valence electrons. The average Bonchev–Trinajstić information content (AvgIpc) is 2.96. The molecule has 0 aliphatic carbocycles. The number of hydrogen-bond donors (Lipinski definition) is 1. The van der Waals surface area contributed by atoms with Gasteiger partial charge in [-0.1, -0.05) is 6.58 Å². The molecule has 0 radical (unpaired) electrons.